The first kappa shape index (κ1) is 21.6. The molecule has 28 heavy (non-hydrogen) atoms. The molecular formula is C21H26NO6-. The summed E-state index contributed by atoms with van der Waals surface area (Å²) >= 11 is 0. The maximum absolute atomic E-state index is 12.9. The number of rotatable bonds is 9. The number of aliphatic carboxylic acids is 1. The SMILES string of the molecule is CCOc1ccc(CC(=O)[C@@H]2C(=O)CCCC2=N[C@H](C)C(=O)[O-])cc1OCC. The van der Waals surface area contributed by atoms with Crippen molar-refractivity contribution in [3.8, 4) is 11.5 Å². The first-order valence-corrected chi connectivity index (χ1v) is 9.58. The number of hydrogen-bond acceptors (Lipinski definition) is 7. The van der Waals surface area contributed by atoms with Gasteiger partial charge in [-0.2, -0.15) is 0 Å². The summed E-state index contributed by atoms with van der Waals surface area (Å²) < 4.78 is 11.1. The Morgan fingerprint density at radius 1 is 1.18 bits per heavy atom. The number of carbonyl (C=O) groups is 3. The second kappa shape index (κ2) is 10.0. The van der Waals surface area contributed by atoms with Gasteiger partial charge in [-0.25, -0.2) is 0 Å². The molecule has 0 aromatic heterocycles. The third kappa shape index (κ3) is 5.41. The van der Waals surface area contributed by atoms with Crippen LogP contribution in [0.1, 0.15) is 45.6 Å². The molecule has 0 unspecified atom stereocenters. The molecule has 1 saturated carbocycles. The Balaban J connectivity index is 2.24. The number of ketones is 2. The van der Waals surface area contributed by atoms with Crippen molar-refractivity contribution in [1.29, 1.82) is 0 Å². The van der Waals surface area contributed by atoms with Gasteiger partial charge in [0.1, 0.15) is 11.7 Å². The van der Waals surface area contributed by atoms with Gasteiger partial charge in [0.05, 0.1) is 25.2 Å². The number of benzene rings is 1. The number of carboxylic acids is 1. The maximum atomic E-state index is 12.9. The van der Waals surface area contributed by atoms with E-state index >= 15 is 0 Å². The van der Waals surface area contributed by atoms with Gasteiger partial charge in [0.15, 0.2) is 17.3 Å². The molecule has 1 aromatic carbocycles. The average molecular weight is 388 g/mol. The molecule has 1 fully saturated rings. The summed E-state index contributed by atoms with van der Waals surface area (Å²) in [4.78, 5) is 40.3. The Bertz CT molecular complexity index is 770. The van der Waals surface area contributed by atoms with Crippen LogP contribution in [0.25, 0.3) is 0 Å². The minimum Gasteiger partial charge on any atom is -0.548 e. The standard InChI is InChI=1S/C21H27NO6/c1-4-27-18-10-9-14(12-19(18)28-5-2)11-17(24)20-15(7-6-8-16(20)23)22-13(3)21(25)26/h9-10,12-13,20H,4-8,11H2,1-3H3,(H,25,26)/p-1/t13-,20+/m1/s1. The van der Waals surface area contributed by atoms with Crippen molar-refractivity contribution in [2.75, 3.05) is 13.2 Å². The Kier molecular flexibility index (Phi) is 7.72. The van der Waals surface area contributed by atoms with Gasteiger partial charge in [0.2, 0.25) is 0 Å². The van der Waals surface area contributed by atoms with Crippen LogP contribution < -0.4 is 14.6 Å². The lowest BCUT2D eigenvalue weighted by atomic mass is 9.81. The van der Waals surface area contributed by atoms with E-state index in [-0.39, 0.29) is 18.0 Å². The number of carboxylic acid groups (broad SMARTS) is 1. The maximum Gasteiger partial charge on any atom is 0.161 e. The predicted octanol–water partition coefficient (Wildman–Crippen LogP) is 1.54. The fourth-order valence-electron chi connectivity index (χ4n) is 3.23. The van der Waals surface area contributed by atoms with E-state index in [1.807, 2.05) is 13.8 Å². The number of ether oxygens (including phenoxy) is 2. The summed E-state index contributed by atoms with van der Waals surface area (Å²) in [5.41, 5.74) is 1.04. The zero-order valence-corrected chi connectivity index (χ0v) is 16.5. The first-order chi connectivity index (χ1) is 13.4. The zero-order valence-electron chi connectivity index (χ0n) is 16.5. The van der Waals surface area contributed by atoms with Crippen LogP contribution in [-0.2, 0) is 20.8 Å². The molecule has 0 radical (unpaired) electrons. The molecule has 7 nitrogen and oxygen atoms in total. The second-order valence-electron chi connectivity index (χ2n) is 6.66. The molecule has 1 aromatic rings. The van der Waals surface area contributed by atoms with E-state index in [2.05, 4.69) is 4.99 Å². The quantitative estimate of drug-likeness (QED) is 0.594. The van der Waals surface area contributed by atoms with Crippen molar-refractivity contribution in [3.63, 3.8) is 0 Å². The molecule has 152 valence electrons. The zero-order chi connectivity index (χ0) is 20.7. The van der Waals surface area contributed by atoms with Gasteiger partial charge in [0, 0.05) is 18.6 Å². The van der Waals surface area contributed by atoms with Crippen molar-refractivity contribution >= 4 is 23.2 Å². The van der Waals surface area contributed by atoms with Crippen molar-refractivity contribution in [2.24, 2.45) is 10.9 Å². The van der Waals surface area contributed by atoms with Crippen LogP contribution in [0.3, 0.4) is 0 Å². The number of Topliss-reactive ketones (excluding diaryl/α,β-unsaturated/α-hetero) is 2. The highest BCUT2D eigenvalue weighted by Crippen LogP contribution is 2.30. The monoisotopic (exact) mass is 388 g/mol. The van der Waals surface area contributed by atoms with E-state index in [0.29, 0.717) is 55.3 Å². The highest BCUT2D eigenvalue weighted by atomic mass is 16.5. The Labute approximate surface area is 164 Å². The molecular weight excluding hydrogens is 362 g/mol. The van der Waals surface area contributed by atoms with Crippen LogP contribution in [0.5, 0.6) is 11.5 Å². The Hall–Kier alpha value is -2.70. The van der Waals surface area contributed by atoms with Crippen LogP contribution in [0.2, 0.25) is 0 Å². The highest BCUT2D eigenvalue weighted by Gasteiger charge is 2.34. The van der Waals surface area contributed by atoms with E-state index in [1.165, 1.54) is 6.92 Å². The van der Waals surface area contributed by atoms with E-state index in [0.717, 1.165) is 0 Å². The van der Waals surface area contributed by atoms with E-state index in [4.69, 9.17) is 9.47 Å². The molecule has 0 amide bonds. The largest absolute Gasteiger partial charge is 0.548 e. The smallest absolute Gasteiger partial charge is 0.161 e. The Morgan fingerprint density at radius 3 is 2.50 bits per heavy atom. The topological polar surface area (TPSA) is 105 Å². The molecule has 2 rings (SSSR count). The number of carbonyl (C=O) groups excluding carboxylic acids is 3. The van der Waals surface area contributed by atoms with Gasteiger partial charge >= 0.3 is 0 Å². The van der Waals surface area contributed by atoms with Gasteiger partial charge in [-0.3, -0.25) is 14.6 Å². The van der Waals surface area contributed by atoms with E-state index in [1.54, 1.807) is 18.2 Å². The molecule has 0 saturated heterocycles. The molecule has 1 aliphatic carbocycles. The summed E-state index contributed by atoms with van der Waals surface area (Å²) in [5, 5.41) is 11.0. The van der Waals surface area contributed by atoms with Gasteiger partial charge in [-0.1, -0.05) is 6.07 Å². The average Bonchev–Trinajstić information content (AvgIpc) is 2.64. The number of nitrogens with zero attached hydrogens (tertiary/aromatic N) is 1. The fourth-order valence-corrected chi connectivity index (χ4v) is 3.23. The van der Waals surface area contributed by atoms with Gasteiger partial charge in [-0.15, -0.1) is 0 Å². The molecule has 0 spiro atoms. The van der Waals surface area contributed by atoms with E-state index in [9.17, 15) is 19.5 Å². The van der Waals surface area contributed by atoms with Crippen LogP contribution in [0.4, 0.5) is 0 Å². The normalized spacial score (nSPS) is 19.3. The van der Waals surface area contributed by atoms with Crippen LogP contribution in [-0.4, -0.2) is 42.5 Å². The van der Waals surface area contributed by atoms with Gasteiger partial charge < -0.3 is 19.4 Å². The van der Waals surface area contributed by atoms with Crippen molar-refractivity contribution in [1.82, 2.24) is 0 Å². The number of aliphatic imine (C=N–C) groups is 1. The summed E-state index contributed by atoms with van der Waals surface area (Å²) in [6.45, 7) is 6.05. The minimum atomic E-state index is -1.33. The fraction of sp³-hybridized carbons (Fsp3) is 0.524. The Morgan fingerprint density at radius 2 is 1.86 bits per heavy atom. The van der Waals surface area contributed by atoms with Crippen LogP contribution in [0.15, 0.2) is 23.2 Å². The third-order valence-electron chi connectivity index (χ3n) is 4.52. The molecule has 7 heteroatoms. The highest BCUT2D eigenvalue weighted by molar-refractivity contribution is 6.22. The van der Waals surface area contributed by atoms with Gasteiger partial charge in [-0.05, 0) is 51.3 Å². The first-order valence-electron chi connectivity index (χ1n) is 9.58. The lowest BCUT2D eigenvalue weighted by Crippen LogP contribution is -2.39. The third-order valence-corrected chi connectivity index (χ3v) is 4.52. The lowest BCUT2D eigenvalue weighted by Gasteiger charge is -2.24. The van der Waals surface area contributed by atoms with Crippen molar-refractivity contribution in [2.45, 2.75) is 52.5 Å². The molecule has 0 heterocycles. The van der Waals surface area contributed by atoms with Gasteiger partial charge in [0.25, 0.3) is 0 Å². The summed E-state index contributed by atoms with van der Waals surface area (Å²) in [6, 6.07) is 4.15. The lowest BCUT2D eigenvalue weighted by molar-refractivity contribution is -0.306. The molecule has 0 N–H and O–H groups in total. The van der Waals surface area contributed by atoms with Crippen molar-refractivity contribution < 1.29 is 29.0 Å². The van der Waals surface area contributed by atoms with Crippen LogP contribution in [0, 0.1) is 5.92 Å². The minimum absolute atomic E-state index is 0.0294. The molecule has 1 aliphatic rings. The second-order valence-corrected chi connectivity index (χ2v) is 6.66. The van der Waals surface area contributed by atoms with E-state index < -0.39 is 17.9 Å². The molecule has 2 atom stereocenters. The molecule has 0 bridgehead atoms. The summed E-state index contributed by atoms with van der Waals surface area (Å²) in [6.07, 6.45) is 1.33. The number of hydrogen-bond donors (Lipinski definition) is 0. The summed E-state index contributed by atoms with van der Waals surface area (Å²) in [5.74, 6) is -1.68. The van der Waals surface area contributed by atoms with Crippen molar-refractivity contribution in [3.05, 3.63) is 23.8 Å². The van der Waals surface area contributed by atoms with Crippen LogP contribution >= 0.6 is 0 Å². The predicted molar refractivity (Wildman–Crippen MR) is 102 cm³/mol. The molecule has 0 aliphatic heterocycles. The summed E-state index contributed by atoms with van der Waals surface area (Å²) in [7, 11) is 0.